The second-order valence-corrected chi connectivity index (χ2v) is 6.15. The van der Waals surface area contributed by atoms with Crippen LogP contribution in [0.2, 0.25) is 0 Å². The molecule has 2 N–H and O–H groups in total. The molecule has 136 valence electrons. The van der Waals surface area contributed by atoms with E-state index in [2.05, 4.69) is 21.4 Å². The number of anilines is 1. The maximum atomic E-state index is 13.8. The average molecular weight is 362 g/mol. The molecule has 0 radical (unpaired) electrons. The Balaban J connectivity index is 1.83. The molecular weight excluding hydrogens is 343 g/mol. The van der Waals surface area contributed by atoms with E-state index in [0.29, 0.717) is 17.9 Å². The van der Waals surface area contributed by atoms with Gasteiger partial charge in [0, 0.05) is 18.0 Å². The number of nitrogens with zero attached hydrogens (tertiary/aromatic N) is 3. The summed E-state index contributed by atoms with van der Waals surface area (Å²) in [6, 6.07) is 6.02. The number of aliphatic hydroxyl groups is 1. The molecule has 0 bridgehead atoms. The summed E-state index contributed by atoms with van der Waals surface area (Å²) in [6.07, 6.45) is 11.4. The maximum absolute atomic E-state index is 13.8. The quantitative estimate of drug-likeness (QED) is 0.844. The summed E-state index contributed by atoms with van der Waals surface area (Å²) >= 11 is 0. The Kier molecular flexibility index (Phi) is 5.62. The van der Waals surface area contributed by atoms with E-state index in [4.69, 9.17) is 5.26 Å². The van der Waals surface area contributed by atoms with Crippen LogP contribution >= 0.6 is 0 Å². The van der Waals surface area contributed by atoms with Gasteiger partial charge in [0.15, 0.2) is 0 Å². The van der Waals surface area contributed by atoms with E-state index in [1.54, 1.807) is 18.4 Å². The number of aliphatic imine (C=N–C) groups is 2. The zero-order chi connectivity index (χ0) is 19.2. The van der Waals surface area contributed by atoms with E-state index < -0.39 is 12.0 Å². The molecule has 6 heteroatoms. The molecule has 0 fully saturated rings. The minimum absolute atomic E-state index is 0.00826. The lowest BCUT2D eigenvalue weighted by molar-refractivity contribution is 0.439. The second kappa shape index (κ2) is 8.28. The predicted octanol–water partition coefficient (Wildman–Crippen LogP) is 4.24. The van der Waals surface area contributed by atoms with E-state index in [1.807, 2.05) is 25.2 Å². The minimum Gasteiger partial charge on any atom is -0.506 e. The van der Waals surface area contributed by atoms with Gasteiger partial charge in [0.05, 0.1) is 12.1 Å². The lowest BCUT2D eigenvalue weighted by Gasteiger charge is -2.16. The predicted molar refractivity (Wildman–Crippen MR) is 106 cm³/mol. The molecule has 1 heterocycles. The van der Waals surface area contributed by atoms with Gasteiger partial charge in [0.1, 0.15) is 29.5 Å². The summed E-state index contributed by atoms with van der Waals surface area (Å²) < 4.78 is 13.8. The van der Waals surface area contributed by atoms with Crippen LogP contribution in [0, 0.1) is 17.1 Å². The Bertz CT molecular complexity index is 961. The third kappa shape index (κ3) is 4.59. The summed E-state index contributed by atoms with van der Waals surface area (Å²) in [4.78, 5) is 8.71. The number of hydrogen-bond acceptors (Lipinski definition) is 5. The number of allylic oxidation sites excluding steroid dienone is 6. The molecular formula is C21H19FN4O. The smallest absolute Gasteiger partial charge is 0.143 e. The molecule has 0 aromatic heterocycles. The van der Waals surface area contributed by atoms with Crippen molar-refractivity contribution in [3.05, 3.63) is 76.9 Å². The van der Waals surface area contributed by atoms with Crippen molar-refractivity contribution < 1.29 is 9.50 Å². The zero-order valence-electron chi connectivity index (χ0n) is 14.9. The van der Waals surface area contributed by atoms with Crippen LogP contribution in [0.5, 0.6) is 0 Å². The molecule has 0 amide bonds. The Morgan fingerprint density at radius 3 is 2.93 bits per heavy atom. The van der Waals surface area contributed by atoms with Crippen molar-refractivity contribution in [3.8, 4) is 6.07 Å². The lowest BCUT2D eigenvalue weighted by atomic mass is 10.1. The minimum atomic E-state index is -0.607. The third-order valence-corrected chi connectivity index (χ3v) is 4.14. The standard InChI is InChI=1S/C21H19FN4O/c1-14-3-2-4-15(6-5-14)21-19(27)12-20(24-9-10-25-21)26-17-8-7-16(13-23)18(22)11-17/h3-9,11-12,20,26-27H,2,10H2,1H3/b19-12?,24-9-,25-21?. The Hall–Kier alpha value is -3.46. The lowest BCUT2D eigenvalue weighted by Crippen LogP contribution is -2.20. The van der Waals surface area contributed by atoms with Gasteiger partial charge < -0.3 is 10.4 Å². The highest BCUT2D eigenvalue weighted by molar-refractivity contribution is 6.13. The Morgan fingerprint density at radius 1 is 1.30 bits per heavy atom. The molecule has 1 atom stereocenters. The van der Waals surface area contributed by atoms with Gasteiger partial charge in [-0.1, -0.05) is 29.9 Å². The van der Waals surface area contributed by atoms with E-state index in [1.165, 1.54) is 18.2 Å². The SMILES string of the molecule is CC1=CCC=C(C2=NC/C=N\C(Nc3ccc(C#N)c(F)c3)C=C2O)C=C1. The van der Waals surface area contributed by atoms with Gasteiger partial charge in [0.25, 0.3) is 0 Å². The summed E-state index contributed by atoms with van der Waals surface area (Å²) in [5.41, 5.74) is 2.93. The number of benzene rings is 1. The fourth-order valence-electron chi connectivity index (χ4n) is 2.73. The highest BCUT2D eigenvalue weighted by Gasteiger charge is 2.15. The number of hydrogen-bond donors (Lipinski definition) is 2. The Morgan fingerprint density at radius 2 is 2.15 bits per heavy atom. The molecule has 5 nitrogen and oxygen atoms in total. The van der Waals surface area contributed by atoms with Crippen LogP contribution in [0.25, 0.3) is 0 Å². The van der Waals surface area contributed by atoms with Gasteiger partial charge in [-0.15, -0.1) is 0 Å². The fourth-order valence-corrected chi connectivity index (χ4v) is 2.73. The average Bonchev–Trinajstić information content (AvgIpc) is 2.84. The number of nitrogens with one attached hydrogen (secondary N) is 1. The first-order valence-corrected chi connectivity index (χ1v) is 8.55. The molecule has 1 unspecified atom stereocenters. The zero-order valence-corrected chi connectivity index (χ0v) is 14.9. The van der Waals surface area contributed by atoms with E-state index >= 15 is 0 Å². The first-order chi connectivity index (χ1) is 13.1. The van der Waals surface area contributed by atoms with Crippen LogP contribution in [0.1, 0.15) is 18.9 Å². The largest absolute Gasteiger partial charge is 0.506 e. The number of aliphatic hydroxyl groups excluding tert-OH is 1. The van der Waals surface area contributed by atoms with Gasteiger partial charge in [-0.2, -0.15) is 5.26 Å². The monoisotopic (exact) mass is 362 g/mol. The van der Waals surface area contributed by atoms with Crippen molar-refractivity contribution in [2.75, 3.05) is 11.9 Å². The highest BCUT2D eigenvalue weighted by atomic mass is 19.1. The van der Waals surface area contributed by atoms with Crippen LogP contribution in [-0.2, 0) is 0 Å². The first kappa shape index (κ1) is 18.3. The molecule has 2 aliphatic rings. The van der Waals surface area contributed by atoms with Gasteiger partial charge in [-0.3, -0.25) is 9.98 Å². The molecule has 0 saturated carbocycles. The van der Waals surface area contributed by atoms with Crippen molar-refractivity contribution in [2.45, 2.75) is 19.5 Å². The van der Waals surface area contributed by atoms with Crippen molar-refractivity contribution in [1.29, 1.82) is 5.26 Å². The summed E-state index contributed by atoms with van der Waals surface area (Å²) in [6.45, 7) is 2.34. The van der Waals surface area contributed by atoms with Gasteiger partial charge in [0.2, 0.25) is 0 Å². The summed E-state index contributed by atoms with van der Waals surface area (Å²) in [5.74, 6) is -0.599. The van der Waals surface area contributed by atoms with E-state index in [0.717, 1.165) is 17.6 Å². The topological polar surface area (TPSA) is 80.8 Å². The number of halogens is 1. The van der Waals surface area contributed by atoms with Crippen LogP contribution in [0.3, 0.4) is 0 Å². The molecule has 3 rings (SSSR count). The van der Waals surface area contributed by atoms with Crippen LogP contribution in [0.4, 0.5) is 10.1 Å². The molecule has 0 saturated heterocycles. The summed E-state index contributed by atoms with van der Waals surface area (Å²) in [5, 5.41) is 22.4. The summed E-state index contributed by atoms with van der Waals surface area (Å²) in [7, 11) is 0. The fraction of sp³-hybridized carbons (Fsp3) is 0.190. The van der Waals surface area contributed by atoms with Crippen LogP contribution in [0.15, 0.2) is 75.5 Å². The van der Waals surface area contributed by atoms with Crippen molar-refractivity contribution in [2.24, 2.45) is 9.98 Å². The molecule has 27 heavy (non-hydrogen) atoms. The maximum Gasteiger partial charge on any atom is 0.143 e. The first-order valence-electron chi connectivity index (χ1n) is 8.55. The van der Waals surface area contributed by atoms with E-state index in [9.17, 15) is 9.50 Å². The van der Waals surface area contributed by atoms with E-state index in [-0.39, 0.29) is 11.3 Å². The number of nitriles is 1. The van der Waals surface area contributed by atoms with Crippen molar-refractivity contribution in [3.63, 3.8) is 0 Å². The van der Waals surface area contributed by atoms with Gasteiger partial charge in [-0.25, -0.2) is 4.39 Å². The molecule has 1 aliphatic heterocycles. The molecule has 0 spiro atoms. The van der Waals surface area contributed by atoms with Gasteiger partial charge >= 0.3 is 0 Å². The normalized spacial score (nSPS) is 20.7. The van der Waals surface area contributed by atoms with Crippen molar-refractivity contribution >= 4 is 17.6 Å². The van der Waals surface area contributed by atoms with Gasteiger partial charge in [-0.05, 0) is 37.1 Å². The molecule has 1 aromatic rings. The molecule has 1 aromatic carbocycles. The third-order valence-electron chi connectivity index (χ3n) is 4.14. The Labute approximate surface area is 157 Å². The highest BCUT2D eigenvalue weighted by Crippen LogP contribution is 2.19. The van der Waals surface area contributed by atoms with Crippen LogP contribution < -0.4 is 5.32 Å². The second-order valence-electron chi connectivity index (χ2n) is 6.15. The van der Waals surface area contributed by atoms with Crippen molar-refractivity contribution in [1.82, 2.24) is 0 Å². The number of rotatable bonds is 3. The van der Waals surface area contributed by atoms with Crippen LogP contribution in [-0.4, -0.2) is 29.7 Å². The molecule has 1 aliphatic carbocycles.